The Kier molecular flexibility index (Phi) is 4.35. The lowest BCUT2D eigenvalue weighted by Gasteiger charge is -2.23. The molecule has 0 amide bonds. The van der Waals surface area contributed by atoms with Crippen molar-refractivity contribution < 1.29 is 4.52 Å². The number of nitrogens with two attached hydrogens (primary N) is 1. The maximum atomic E-state index is 6.03. The van der Waals surface area contributed by atoms with E-state index < -0.39 is 0 Å². The Balaban J connectivity index is 1.97. The number of nitrogens with zero attached hydrogens (tertiary/aromatic N) is 3. The molecule has 0 aromatic carbocycles. The molecule has 102 valence electrons. The molecule has 1 fully saturated rings. The van der Waals surface area contributed by atoms with Gasteiger partial charge in [-0.15, -0.1) is 0 Å². The van der Waals surface area contributed by atoms with Gasteiger partial charge in [-0.1, -0.05) is 12.1 Å². The molecule has 0 bridgehead atoms. The van der Waals surface area contributed by atoms with E-state index in [-0.39, 0.29) is 6.04 Å². The Morgan fingerprint density at radius 2 is 2.00 bits per heavy atom. The third kappa shape index (κ3) is 3.29. The third-order valence-corrected chi connectivity index (χ3v) is 3.72. The Labute approximate surface area is 109 Å². The van der Waals surface area contributed by atoms with Gasteiger partial charge in [0.15, 0.2) is 5.82 Å². The molecule has 18 heavy (non-hydrogen) atoms. The molecule has 5 heteroatoms. The first-order chi connectivity index (χ1) is 8.56. The topological polar surface area (TPSA) is 68.2 Å². The third-order valence-electron chi connectivity index (χ3n) is 3.72. The zero-order chi connectivity index (χ0) is 13.1. The minimum atomic E-state index is -0.167. The molecule has 2 N–H and O–H groups in total. The maximum Gasteiger partial charge on any atom is 0.229 e. The molecule has 1 saturated carbocycles. The molecular weight excluding hydrogens is 228 g/mol. The van der Waals surface area contributed by atoms with E-state index in [2.05, 4.69) is 17.1 Å². The van der Waals surface area contributed by atoms with Gasteiger partial charge in [0, 0.05) is 12.5 Å². The fourth-order valence-electron chi connectivity index (χ4n) is 2.55. The van der Waals surface area contributed by atoms with Gasteiger partial charge in [0.1, 0.15) is 0 Å². The van der Waals surface area contributed by atoms with E-state index in [0.29, 0.717) is 11.7 Å². The lowest BCUT2D eigenvalue weighted by atomic mass is 9.83. The Morgan fingerprint density at radius 1 is 1.33 bits per heavy atom. The van der Waals surface area contributed by atoms with Crippen molar-refractivity contribution in [3.05, 3.63) is 11.7 Å². The highest BCUT2D eigenvalue weighted by Crippen LogP contribution is 2.34. The van der Waals surface area contributed by atoms with Gasteiger partial charge in [-0.2, -0.15) is 4.98 Å². The van der Waals surface area contributed by atoms with E-state index >= 15 is 0 Å². The van der Waals surface area contributed by atoms with Crippen LogP contribution in [-0.4, -0.2) is 35.7 Å². The molecule has 0 saturated heterocycles. The van der Waals surface area contributed by atoms with Crippen LogP contribution < -0.4 is 5.73 Å². The summed E-state index contributed by atoms with van der Waals surface area (Å²) in [5.41, 5.74) is 6.03. The van der Waals surface area contributed by atoms with Crippen LogP contribution >= 0.6 is 0 Å². The number of rotatable bonds is 4. The summed E-state index contributed by atoms with van der Waals surface area (Å²) in [6.45, 7) is 3.04. The molecule has 1 aromatic heterocycles. The second kappa shape index (κ2) is 5.80. The van der Waals surface area contributed by atoms with Gasteiger partial charge in [-0.25, -0.2) is 0 Å². The molecule has 1 aromatic rings. The zero-order valence-electron chi connectivity index (χ0n) is 11.6. The zero-order valence-corrected chi connectivity index (χ0v) is 11.6. The van der Waals surface area contributed by atoms with Crippen molar-refractivity contribution in [3.63, 3.8) is 0 Å². The first-order valence-corrected chi connectivity index (χ1v) is 6.80. The summed E-state index contributed by atoms with van der Waals surface area (Å²) in [7, 11) is 3.98. The van der Waals surface area contributed by atoms with Crippen molar-refractivity contribution in [1.82, 2.24) is 15.0 Å². The molecule has 2 rings (SSSR count). The van der Waals surface area contributed by atoms with Gasteiger partial charge in [-0.05, 0) is 45.7 Å². The maximum absolute atomic E-state index is 6.03. The Hall–Kier alpha value is -0.940. The summed E-state index contributed by atoms with van der Waals surface area (Å²) >= 11 is 0. The van der Waals surface area contributed by atoms with Crippen LogP contribution in [0.25, 0.3) is 0 Å². The van der Waals surface area contributed by atoms with Crippen molar-refractivity contribution in [2.24, 2.45) is 11.7 Å². The highest BCUT2D eigenvalue weighted by molar-refractivity contribution is 4.99. The van der Waals surface area contributed by atoms with Crippen LogP contribution in [-0.2, 0) is 0 Å². The predicted octanol–water partition coefficient (Wildman–Crippen LogP) is 1.92. The van der Waals surface area contributed by atoms with Gasteiger partial charge >= 0.3 is 0 Å². The van der Waals surface area contributed by atoms with Crippen LogP contribution in [0.2, 0.25) is 0 Å². The summed E-state index contributed by atoms with van der Waals surface area (Å²) in [6.07, 6.45) is 4.83. The van der Waals surface area contributed by atoms with Crippen LogP contribution in [0.1, 0.15) is 56.3 Å². The van der Waals surface area contributed by atoms with Crippen LogP contribution in [0.4, 0.5) is 0 Å². The SMILES string of the molecule is CC1CCC(c2nc(C(N)CN(C)C)no2)CC1. The lowest BCUT2D eigenvalue weighted by molar-refractivity contribution is 0.279. The van der Waals surface area contributed by atoms with Crippen molar-refractivity contribution in [3.8, 4) is 0 Å². The minimum absolute atomic E-state index is 0.167. The standard InChI is InChI=1S/C13H24N4O/c1-9-4-6-10(7-5-9)13-15-12(16-18-13)11(14)8-17(2)3/h9-11H,4-8,14H2,1-3H3. The van der Waals surface area contributed by atoms with Crippen LogP contribution in [0.15, 0.2) is 4.52 Å². The smallest absolute Gasteiger partial charge is 0.229 e. The summed E-state index contributed by atoms with van der Waals surface area (Å²) in [5.74, 6) is 2.69. The first kappa shape index (κ1) is 13.5. The van der Waals surface area contributed by atoms with Crippen LogP contribution in [0, 0.1) is 5.92 Å². The van der Waals surface area contributed by atoms with Crippen molar-refractivity contribution in [2.75, 3.05) is 20.6 Å². The van der Waals surface area contributed by atoms with E-state index in [1.54, 1.807) is 0 Å². The number of aromatic nitrogens is 2. The van der Waals surface area contributed by atoms with E-state index in [9.17, 15) is 0 Å². The molecule has 1 aliphatic rings. The first-order valence-electron chi connectivity index (χ1n) is 6.80. The number of likely N-dealkylation sites (N-methyl/N-ethyl adjacent to an activating group) is 1. The molecule has 1 aliphatic carbocycles. The molecule has 5 nitrogen and oxygen atoms in total. The van der Waals surface area contributed by atoms with Crippen molar-refractivity contribution in [1.29, 1.82) is 0 Å². The van der Waals surface area contributed by atoms with E-state index in [1.165, 1.54) is 12.8 Å². The predicted molar refractivity (Wildman–Crippen MR) is 70.2 cm³/mol. The molecule has 1 unspecified atom stereocenters. The van der Waals surface area contributed by atoms with Gasteiger partial charge in [-0.3, -0.25) is 0 Å². The van der Waals surface area contributed by atoms with Gasteiger partial charge in [0.2, 0.25) is 5.89 Å². The molecule has 0 radical (unpaired) electrons. The van der Waals surface area contributed by atoms with E-state index in [4.69, 9.17) is 10.3 Å². The average molecular weight is 252 g/mol. The highest BCUT2D eigenvalue weighted by Gasteiger charge is 2.25. The Bertz CT molecular complexity index is 369. The van der Waals surface area contributed by atoms with Gasteiger partial charge in [0.25, 0.3) is 0 Å². The summed E-state index contributed by atoms with van der Waals surface area (Å²) in [4.78, 5) is 6.51. The van der Waals surface area contributed by atoms with Crippen molar-refractivity contribution >= 4 is 0 Å². The quantitative estimate of drug-likeness (QED) is 0.886. The summed E-state index contributed by atoms with van der Waals surface area (Å²) < 4.78 is 5.38. The fraction of sp³-hybridized carbons (Fsp3) is 0.846. The highest BCUT2D eigenvalue weighted by atomic mass is 16.5. The second-order valence-corrected chi connectivity index (χ2v) is 5.82. The van der Waals surface area contributed by atoms with Crippen molar-refractivity contribution in [2.45, 2.75) is 44.6 Å². The average Bonchev–Trinajstić information content (AvgIpc) is 2.78. The summed E-state index contributed by atoms with van der Waals surface area (Å²) in [5, 5.41) is 4.03. The lowest BCUT2D eigenvalue weighted by Crippen LogP contribution is -2.26. The molecular formula is C13H24N4O. The normalized spacial score (nSPS) is 26.5. The Morgan fingerprint density at radius 3 is 2.61 bits per heavy atom. The summed E-state index contributed by atoms with van der Waals surface area (Å²) in [6, 6.07) is -0.167. The molecule has 1 heterocycles. The second-order valence-electron chi connectivity index (χ2n) is 5.82. The number of hydrogen-bond acceptors (Lipinski definition) is 5. The fourth-order valence-corrected chi connectivity index (χ4v) is 2.55. The molecule has 0 spiro atoms. The molecule has 1 atom stereocenters. The largest absolute Gasteiger partial charge is 0.339 e. The number of hydrogen-bond donors (Lipinski definition) is 1. The van der Waals surface area contributed by atoms with Gasteiger partial charge < -0.3 is 15.2 Å². The van der Waals surface area contributed by atoms with Crippen LogP contribution in [0.5, 0.6) is 0 Å². The molecule has 0 aliphatic heterocycles. The van der Waals surface area contributed by atoms with E-state index in [0.717, 1.165) is 31.2 Å². The van der Waals surface area contributed by atoms with E-state index in [1.807, 2.05) is 19.0 Å². The van der Waals surface area contributed by atoms with Crippen LogP contribution in [0.3, 0.4) is 0 Å². The van der Waals surface area contributed by atoms with Gasteiger partial charge in [0.05, 0.1) is 6.04 Å². The minimum Gasteiger partial charge on any atom is -0.339 e. The monoisotopic (exact) mass is 252 g/mol.